The molecular formula is C19H30N2O2. The Hall–Kier alpha value is -1.55. The van der Waals surface area contributed by atoms with Crippen molar-refractivity contribution in [2.45, 2.75) is 45.4 Å². The lowest BCUT2D eigenvalue weighted by Gasteiger charge is -2.22. The Balaban J connectivity index is 1.56. The van der Waals surface area contributed by atoms with Gasteiger partial charge in [0.25, 0.3) is 0 Å². The van der Waals surface area contributed by atoms with Crippen LogP contribution in [0.4, 0.5) is 0 Å². The lowest BCUT2D eigenvalue weighted by Crippen LogP contribution is -2.30. The van der Waals surface area contributed by atoms with Gasteiger partial charge < -0.3 is 15.4 Å². The minimum absolute atomic E-state index is 0.141. The zero-order valence-electron chi connectivity index (χ0n) is 14.4. The van der Waals surface area contributed by atoms with Crippen molar-refractivity contribution in [3.63, 3.8) is 0 Å². The van der Waals surface area contributed by atoms with Gasteiger partial charge in [0.1, 0.15) is 12.4 Å². The number of amides is 1. The smallest absolute Gasteiger partial charge is 0.220 e. The molecule has 0 aromatic heterocycles. The molecule has 1 aliphatic rings. The zero-order valence-corrected chi connectivity index (χ0v) is 14.4. The molecule has 1 aromatic rings. The fourth-order valence-electron chi connectivity index (χ4n) is 2.90. The van der Waals surface area contributed by atoms with Crippen LogP contribution < -0.4 is 15.4 Å². The third-order valence-electron chi connectivity index (χ3n) is 4.48. The lowest BCUT2D eigenvalue weighted by atomic mass is 9.93. The van der Waals surface area contributed by atoms with Gasteiger partial charge in [0.05, 0.1) is 6.54 Å². The normalized spacial score (nSPS) is 15.6. The molecule has 128 valence electrons. The minimum atomic E-state index is 0.141. The van der Waals surface area contributed by atoms with Gasteiger partial charge in [-0.25, -0.2) is 0 Å². The molecule has 0 bridgehead atoms. The van der Waals surface area contributed by atoms with Gasteiger partial charge in [-0.3, -0.25) is 4.79 Å². The van der Waals surface area contributed by atoms with Crippen molar-refractivity contribution >= 4 is 5.91 Å². The number of benzene rings is 1. The van der Waals surface area contributed by atoms with Crippen LogP contribution in [0.2, 0.25) is 0 Å². The number of piperidine rings is 1. The monoisotopic (exact) mass is 318 g/mol. The average Bonchev–Trinajstić information content (AvgIpc) is 2.58. The van der Waals surface area contributed by atoms with Gasteiger partial charge in [0, 0.05) is 6.42 Å². The Kier molecular flexibility index (Phi) is 7.40. The lowest BCUT2D eigenvalue weighted by molar-refractivity contribution is -0.121. The summed E-state index contributed by atoms with van der Waals surface area (Å²) in [5.41, 5.74) is 1.31. The van der Waals surface area contributed by atoms with E-state index in [0.717, 1.165) is 25.3 Å². The second-order valence-corrected chi connectivity index (χ2v) is 6.65. The molecule has 2 N–H and O–H groups in total. The Bertz CT molecular complexity index is 465. The largest absolute Gasteiger partial charge is 0.492 e. The van der Waals surface area contributed by atoms with Crippen molar-refractivity contribution in [2.24, 2.45) is 5.92 Å². The van der Waals surface area contributed by atoms with E-state index in [9.17, 15) is 4.79 Å². The highest BCUT2D eigenvalue weighted by atomic mass is 16.5. The summed E-state index contributed by atoms with van der Waals surface area (Å²) < 4.78 is 5.66. The molecule has 23 heavy (non-hydrogen) atoms. The molecule has 1 aromatic carbocycles. The van der Waals surface area contributed by atoms with E-state index in [4.69, 9.17) is 4.74 Å². The van der Waals surface area contributed by atoms with Gasteiger partial charge in [-0.05, 0) is 61.9 Å². The summed E-state index contributed by atoms with van der Waals surface area (Å²) in [6.45, 7) is 7.62. The molecule has 1 heterocycles. The summed E-state index contributed by atoms with van der Waals surface area (Å²) >= 11 is 0. The average molecular weight is 318 g/mol. The molecule has 2 rings (SSSR count). The Morgan fingerprint density at radius 1 is 1.26 bits per heavy atom. The zero-order chi connectivity index (χ0) is 16.5. The summed E-state index contributed by atoms with van der Waals surface area (Å²) in [6, 6.07) is 8.18. The van der Waals surface area contributed by atoms with Crippen LogP contribution in [0.25, 0.3) is 0 Å². The van der Waals surface area contributed by atoms with Gasteiger partial charge in [0.2, 0.25) is 5.91 Å². The fourth-order valence-corrected chi connectivity index (χ4v) is 2.90. The standard InChI is InChI=1S/C19H30N2O2/c1-15(2)17-4-6-18(7-5-17)23-14-13-21-19(22)8-3-16-9-11-20-12-10-16/h4-7,15-16,20H,3,8-14H2,1-2H3,(H,21,22). The van der Waals surface area contributed by atoms with Crippen LogP contribution in [0.3, 0.4) is 0 Å². The summed E-state index contributed by atoms with van der Waals surface area (Å²) in [4.78, 5) is 11.8. The second kappa shape index (κ2) is 9.56. The highest BCUT2D eigenvalue weighted by molar-refractivity contribution is 5.75. The molecule has 4 heteroatoms. The first-order chi connectivity index (χ1) is 11.1. The van der Waals surface area contributed by atoms with Crippen LogP contribution in [-0.4, -0.2) is 32.1 Å². The van der Waals surface area contributed by atoms with Gasteiger partial charge in [0.15, 0.2) is 0 Å². The maximum absolute atomic E-state index is 11.8. The molecular weight excluding hydrogens is 288 g/mol. The molecule has 0 unspecified atom stereocenters. The Morgan fingerprint density at radius 2 is 1.96 bits per heavy atom. The second-order valence-electron chi connectivity index (χ2n) is 6.65. The van der Waals surface area contributed by atoms with E-state index in [2.05, 4.69) is 36.6 Å². The van der Waals surface area contributed by atoms with Crippen molar-refractivity contribution in [3.05, 3.63) is 29.8 Å². The Morgan fingerprint density at radius 3 is 2.61 bits per heavy atom. The van der Waals surface area contributed by atoms with Crippen molar-refractivity contribution in [1.29, 1.82) is 0 Å². The molecule has 1 amide bonds. The van der Waals surface area contributed by atoms with Gasteiger partial charge in [-0.1, -0.05) is 26.0 Å². The van der Waals surface area contributed by atoms with E-state index in [-0.39, 0.29) is 5.91 Å². The van der Waals surface area contributed by atoms with Crippen molar-refractivity contribution in [3.8, 4) is 5.75 Å². The minimum Gasteiger partial charge on any atom is -0.492 e. The third kappa shape index (κ3) is 6.61. The van der Waals surface area contributed by atoms with Crippen molar-refractivity contribution < 1.29 is 9.53 Å². The quantitative estimate of drug-likeness (QED) is 0.724. The van der Waals surface area contributed by atoms with Crippen molar-refractivity contribution in [1.82, 2.24) is 10.6 Å². The molecule has 0 radical (unpaired) electrons. The summed E-state index contributed by atoms with van der Waals surface area (Å²) in [5.74, 6) is 2.24. The van der Waals surface area contributed by atoms with E-state index >= 15 is 0 Å². The van der Waals surface area contributed by atoms with E-state index in [0.29, 0.717) is 31.4 Å². The molecule has 4 nitrogen and oxygen atoms in total. The summed E-state index contributed by atoms with van der Waals surface area (Å²) in [7, 11) is 0. The molecule has 1 aliphatic heterocycles. The highest BCUT2D eigenvalue weighted by Gasteiger charge is 2.14. The molecule has 1 saturated heterocycles. The van der Waals surface area contributed by atoms with Gasteiger partial charge in [-0.15, -0.1) is 0 Å². The number of hydrogen-bond acceptors (Lipinski definition) is 3. The highest BCUT2D eigenvalue weighted by Crippen LogP contribution is 2.19. The van der Waals surface area contributed by atoms with E-state index < -0.39 is 0 Å². The van der Waals surface area contributed by atoms with E-state index in [1.165, 1.54) is 18.4 Å². The molecule has 0 aliphatic carbocycles. The number of hydrogen-bond donors (Lipinski definition) is 2. The first-order valence-electron chi connectivity index (χ1n) is 8.85. The number of rotatable bonds is 8. The van der Waals surface area contributed by atoms with Crippen LogP contribution in [0.15, 0.2) is 24.3 Å². The van der Waals surface area contributed by atoms with Crippen LogP contribution in [0, 0.1) is 5.92 Å². The molecule has 1 fully saturated rings. The topological polar surface area (TPSA) is 50.4 Å². The summed E-state index contributed by atoms with van der Waals surface area (Å²) in [5, 5.41) is 6.29. The van der Waals surface area contributed by atoms with E-state index in [1.54, 1.807) is 0 Å². The first kappa shape index (κ1) is 17.8. The number of nitrogens with one attached hydrogen (secondary N) is 2. The fraction of sp³-hybridized carbons (Fsp3) is 0.632. The van der Waals surface area contributed by atoms with Gasteiger partial charge in [-0.2, -0.15) is 0 Å². The van der Waals surface area contributed by atoms with Crippen LogP contribution >= 0.6 is 0 Å². The predicted molar refractivity (Wildman–Crippen MR) is 93.9 cm³/mol. The molecule has 0 saturated carbocycles. The predicted octanol–water partition coefficient (Wildman–Crippen LogP) is 3.08. The van der Waals surface area contributed by atoms with E-state index in [1.807, 2.05) is 12.1 Å². The van der Waals surface area contributed by atoms with Gasteiger partial charge >= 0.3 is 0 Å². The number of carbonyl (C=O) groups is 1. The molecule has 0 spiro atoms. The summed E-state index contributed by atoms with van der Waals surface area (Å²) in [6.07, 6.45) is 4.03. The maximum Gasteiger partial charge on any atom is 0.220 e. The SMILES string of the molecule is CC(C)c1ccc(OCCNC(=O)CCC2CCNCC2)cc1. The van der Waals surface area contributed by atoms with Crippen LogP contribution in [-0.2, 0) is 4.79 Å². The van der Waals surface area contributed by atoms with Crippen LogP contribution in [0.5, 0.6) is 5.75 Å². The van der Waals surface area contributed by atoms with Crippen LogP contribution in [0.1, 0.15) is 51.0 Å². The number of ether oxygens (including phenoxy) is 1. The molecule has 0 atom stereocenters. The maximum atomic E-state index is 11.8. The Labute approximate surface area is 140 Å². The first-order valence-corrected chi connectivity index (χ1v) is 8.85. The third-order valence-corrected chi connectivity index (χ3v) is 4.48. The number of carbonyl (C=O) groups excluding carboxylic acids is 1. The van der Waals surface area contributed by atoms with Crippen molar-refractivity contribution in [2.75, 3.05) is 26.2 Å².